The van der Waals surface area contributed by atoms with E-state index in [0.29, 0.717) is 10.0 Å². The van der Waals surface area contributed by atoms with Gasteiger partial charge in [0.2, 0.25) is 12.4 Å². The third-order valence-electron chi connectivity index (χ3n) is 3.87. The van der Waals surface area contributed by atoms with Crippen LogP contribution in [0.4, 0.5) is 18.0 Å². The van der Waals surface area contributed by atoms with Gasteiger partial charge in [0.25, 0.3) is 5.09 Å². The Hall–Kier alpha value is -3.03. The van der Waals surface area contributed by atoms with Crippen LogP contribution in [0.5, 0.6) is 5.75 Å². The van der Waals surface area contributed by atoms with Gasteiger partial charge in [-0.1, -0.05) is 15.9 Å². The van der Waals surface area contributed by atoms with Crippen LogP contribution in [0.25, 0.3) is 6.08 Å². The summed E-state index contributed by atoms with van der Waals surface area (Å²) in [4.78, 5) is 38.3. The first-order chi connectivity index (χ1) is 14.8. The van der Waals surface area contributed by atoms with Crippen LogP contribution in [-0.2, 0) is 23.8 Å². The van der Waals surface area contributed by atoms with Crippen molar-refractivity contribution in [3.63, 3.8) is 0 Å². The van der Waals surface area contributed by atoms with Crippen LogP contribution in [0.1, 0.15) is 25.0 Å². The van der Waals surface area contributed by atoms with Crippen LogP contribution in [-0.4, -0.2) is 48.5 Å². The molecule has 0 amide bonds. The summed E-state index contributed by atoms with van der Waals surface area (Å²) in [7, 11) is 0. The number of carbonyl (C=O) groups is 2. The van der Waals surface area contributed by atoms with Gasteiger partial charge in [0.1, 0.15) is 18.5 Å². The number of rotatable bonds is 7. The average Bonchev–Trinajstić information content (AvgIpc) is 2.63. The van der Waals surface area contributed by atoms with Gasteiger partial charge in [0.05, 0.1) is 5.57 Å². The van der Waals surface area contributed by atoms with Crippen LogP contribution in [0.15, 0.2) is 22.2 Å². The summed E-state index contributed by atoms with van der Waals surface area (Å²) in [5.74, 6) is -1.47. The Morgan fingerprint density at radius 1 is 1.28 bits per heavy atom. The number of alkyl halides is 3. The topological polar surface area (TPSA) is 123 Å². The number of nitrogens with zero attached hydrogens (tertiary/aromatic N) is 1. The molecule has 1 heterocycles. The van der Waals surface area contributed by atoms with Crippen molar-refractivity contribution in [1.29, 1.82) is 0 Å². The summed E-state index contributed by atoms with van der Waals surface area (Å²) in [5.41, 5.74) is -0.210. The molecule has 10 nitrogen and oxygen atoms in total. The van der Waals surface area contributed by atoms with Crippen LogP contribution < -0.4 is 4.74 Å². The fraction of sp³-hybridized carbons (Fsp3) is 0.444. The first-order valence-corrected chi connectivity index (χ1v) is 9.68. The summed E-state index contributed by atoms with van der Waals surface area (Å²) < 4.78 is 60.1. The monoisotopic (exact) mass is 527 g/mol. The quantitative estimate of drug-likeness (QED) is 0.223. The highest BCUT2D eigenvalue weighted by Crippen LogP contribution is 2.40. The van der Waals surface area contributed by atoms with E-state index in [-0.39, 0.29) is 11.3 Å². The van der Waals surface area contributed by atoms with Crippen molar-refractivity contribution < 1.29 is 51.6 Å². The van der Waals surface area contributed by atoms with Crippen LogP contribution in [0.2, 0.25) is 0 Å². The third-order valence-corrected chi connectivity index (χ3v) is 4.33. The van der Waals surface area contributed by atoms with E-state index in [9.17, 15) is 32.9 Å². The van der Waals surface area contributed by atoms with E-state index < -0.39 is 54.1 Å². The molecule has 1 aliphatic heterocycles. The highest BCUT2D eigenvalue weighted by molar-refractivity contribution is 9.10. The second-order valence-corrected chi connectivity index (χ2v) is 7.49. The van der Waals surface area contributed by atoms with Crippen molar-refractivity contribution >= 4 is 34.1 Å². The molecular weight excluding hydrogens is 511 g/mol. The third kappa shape index (κ3) is 6.73. The molecular formula is C18H17BrF3NO9. The number of benzene rings is 1. The minimum Gasteiger partial charge on any atom is -0.475 e. The molecule has 3 atom stereocenters. The van der Waals surface area contributed by atoms with Crippen molar-refractivity contribution in [2.24, 2.45) is 0 Å². The maximum atomic E-state index is 13.5. The standard InChI is InChI=1S/C18H17BrF3NO9/c1-8-4-12(19)5-11-6-13(15(18(20,21)22)31-14(8)11)16(24)29-10(3)30-17(25)28-7-9(2)32-23(26)27/h4-6,9-10,15H,7H2,1-3H3. The SMILES string of the molecule is Cc1cc(Br)cc2c1OC(C(F)(F)F)C(C(=O)OC(C)OC(=O)OCC(C)O[N+](=O)[O-])=C2. The Balaban J connectivity index is 2.09. The van der Waals surface area contributed by atoms with Crippen molar-refractivity contribution in [3.05, 3.63) is 43.4 Å². The molecule has 0 saturated carbocycles. The van der Waals surface area contributed by atoms with E-state index in [1.165, 1.54) is 13.0 Å². The Labute approximate surface area is 187 Å². The molecule has 0 saturated heterocycles. The van der Waals surface area contributed by atoms with E-state index in [1.54, 1.807) is 13.0 Å². The molecule has 0 N–H and O–H groups in total. The molecule has 3 unspecified atom stereocenters. The lowest BCUT2D eigenvalue weighted by molar-refractivity contribution is -0.767. The van der Waals surface area contributed by atoms with Crippen molar-refractivity contribution in [1.82, 2.24) is 0 Å². The molecule has 0 spiro atoms. The van der Waals surface area contributed by atoms with E-state index in [0.717, 1.165) is 13.0 Å². The zero-order chi connectivity index (χ0) is 24.2. The summed E-state index contributed by atoms with van der Waals surface area (Å²) in [6.07, 6.45) is -10.7. The number of aryl methyl sites for hydroxylation is 1. The maximum absolute atomic E-state index is 13.5. The Morgan fingerprint density at radius 3 is 2.53 bits per heavy atom. The van der Waals surface area contributed by atoms with Gasteiger partial charge in [0, 0.05) is 17.0 Å². The fourth-order valence-electron chi connectivity index (χ4n) is 2.63. The van der Waals surface area contributed by atoms with E-state index in [4.69, 9.17) is 9.47 Å². The van der Waals surface area contributed by atoms with Crippen molar-refractivity contribution in [3.8, 4) is 5.75 Å². The summed E-state index contributed by atoms with van der Waals surface area (Å²) >= 11 is 3.22. The molecule has 0 aromatic heterocycles. The zero-order valence-electron chi connectivity index (χ0n) is 16.8. The molecule has 176 valence electrons. The Bertz CT molecular complexity index is 935. The van der Waals surface area contributed by atoms with Crippen LogP contribution >= 0.6 is 15.9 Å². The van der Waals surface area contributed by atoms with Crippen LogP contribution in [0, 0.1) is 17.0 Å². The number of esters is 1. The zero-order valence-corrected chi connectivity index (χ0v) is 18.4. The lowest BCUT2D eigenvalue weighted by atomic mass is 9.99. The molecule has 0 aliphatic carbocycles. The molecule has 1 aliphatic rings. The van der Waals surface area contributed by atoms with Crippen molar-refractivity contribution in [2.45, 2.75) is 45.4 Å². The fourth-order valence-corrected chi connectivity index (χ4v) is 3.22. The molecule has 2 rings (SSSR count). The lowest BCUT2D eigenvalue weighted by Gasteiger charge is -2.29. The molecule has 0 radical (unpaired) electrons. The number of halogens is 4. The number of carbonyl (C=O) groups excluding carboxylic acids is 2. The first kappa shape index (κ1) is 25.2. The predicted octanol–water partition coefficient (Wildman–Crippen LogP) is 4.10. The van der Waals surface area contributed by atoms with Gasteiger partial charge in [0.15, 0.2) is 0 Å². The number of fused-ring (bicyclic) bond motifs is 1. The number of hydrogen-bond acceptors (Lipinski definition) is 9. The van der Waals surface area contributed by atoms with E-state index >= 15 is 0 Å². The Morgan fingerprint density at radius 2 is 1.94 bits per heavy atom. The highest BCUT2D eigenvalue weighted by atomic mass is 79.9. The maximum Gasteiger partial charge on any atom is 0.511 e. The molecule has 0 fully saturated rings. The van der Waals surface area contributed by atoms with Gasteiger partial charge in [-0.25, -0.2) is 9.59 Å². The number of hydrogen-bond donors (Lipinski definition) is 0. The Kier molecular flexibility index (Phi) is 7.93. The summed E-state index contributed by atoms with van der Waals surface area (Å²) in [6.45, 7) is 3.30. The molecule has 1 aromatic carbocycles. The molecule has 1 aromatic rings. The van der Waals surface area contributed by atoms with E-state index in [1.807, 2.05) is 0 Å². The summed E-state index contributed by atoms with van der Waals surface area (Å²) in [5, 5.41) is 9.09. The lowest BCUT2D eigenvalue weighted by Crippen LogP contribution is -2.41. The molecule has 0 bridgehead atoms. The second-order valence-electron chi connectivity index (χ2n) is 6.57. The van der Waals surface area contributed by atoms with Crippen LogP contribution in [0.3, 0.4) is 0 Å². The number of ether oxygens (including phenoxy) is 4. The van der Waals surface area contributed by atoms with Crippen molar-refractivity contribution in [2.75, 3.05) is 6.61 Å². The predicted molar refractivity (Wildman–Crippen MR) is 103 cm³/mol. The van der Waals surface area contributed by atoms with Gasteiger partial charge >= 0.3 is 18.3 Å². The smallest absolute Gasteiger partial charge is 0.475 e. The first-order valence-electron chi connectivity index (χ1n) is 8.88. The molecule has 14 heteroatoms. The van der Waals surface area contributed by atoms with E-state index in [2.05, 4.69) is 30.2 Å². The largest absolute Gasteiger partial charge is 0.511 e. The normalized spacial score (nSPS) is 17.1. The average molecular weight is 528 g/mol. The van der Waals surface area contributed by atoms with Gasteiger partial charge in [-0.05, 0) is 37.6 Å². The summed E-state index contributed by atoms with van der Waals surface area (Å²) in [6, 6.07) is 3.02. The van der Waals surface area contributed by atoms with Gasteiger partial charge < -0.3 is 23.8 Å². The highest BCUT2D eigenvalue weighted by Gasteiger charge is 2.49. The second kappa shape index (κ2) is 10.1. The minimum absolute atomic E-state index is 0.0361. The van der Waals surface area contributed by atoms with Gasteiger partial charge in [-0.15, -0.1) is 10.1 Å². The molecule has 32 heavy (non-hydrogen) atoms. The van der Waals surface area contributed by atoms with Gasteiger partial charge in [-0.2, -0.15) is 13.2 Å². The minimum atomic E-state index is -4.93. The van der Waals surface area contributed by atoms with Gasteiger partial charge in [-0.3, -0.25) is 0 Å².